The van der Waals surface area contributed by atoms with Crippen molar-refractivity contribution in [2.24, 2.45) is 5.92 Å². The largest absolute Gasteiger partial charge is 0.508 e. The molecular weight excluding hydrogens is 717 g/mol. The number of hydrogen-bond donors (Lipinski definition) is 3. The maximum Gasteiger partial charge on any atom is 0.252 e. The van der Waals surface area contributed by atoms with Crippen LogP contribution in [0.2, 0.25) is 0 Å². The first-order valence-corrected chi connectivity index (χ1v) is 19.7. The summed E-state index contributed by atoms with van der Waals surface area (Å²) < 4.78 is 36.9. The SMILES string of the molecule is O=C1CCCC(=O)N1.O=C1NCc2cc(N3CCN(CC4CCN(c5ccc(C6c7ccc(O)cc7OCC6c6ccccc6)cc5F)CC4)CC3)c(F)cc21. The maximum absolute atomic E-state index is 16.0. The number of piperidine rings is 2. The number of hydrogen-bond acceptors (Lipinski definition) is 8. The first kappa shape index (κ1) is 37.4. The second kappa shape index (κ2) is 16.3. The summed E-state index contributed by atoms with van der Waals surface area (Å²) in [5.74, 6) is 0.222. The van der Waals surface area contributed by atoms with E-state index >= 15 is 4.39 Å². The second-order valence-corrected chi connectivity index (χ2v) is 15.4. The number of imide groups is 1. The standard InChI is InChI=1S/C39H40F2N4O3.C5H7NO2/c40-33-18-27(38-30-8-7-29(46)20-37(30)48-24-32(38)26-4-2-1-3-5-26)6-9-35(33)44-12-10-25(11-13-44)23-43-14-16-45(17-15-43)36-19-28-22-42-39(47)31(28)21-34(36)41;7-4-2-1-3-5(8)6-4/h1-9,18-21,25,32,38,46H,10-17,22-24H2,(H,42,47);1-3H2,(H,6,7,8). The zero-order chi connectivity index (χ0) is 38.8. The Hall–Kier alpha value is -5.49. The van der Waals surface area contributed by atoms with E-state index in [-0.39, 0.29) is 46.9 Å². The minimum atomic E-state index is -0.333. The van der Waals surface area contributed by atoms with Gasteiger partial charge in [-0.1, -0.05) is 42.5 Å². The van der Waals surface area contributed by atoms with E-state index < -0.39 is 0 Å². The third-order valence-electron chi connectivity index (χ3n) is 11.8. The fourth-order valence-electron chi connectivity index (χ4n) is 8.83. The third kappa shape index (κ3) is 8.07. The van der Waals surface area contributed by atoms with Crippen molar-refractivity contribution in [2.75, 3.05) is 62.2 Å². The van der Waals surface area contributed by atoms with Gasteiger partial charge in [0.05, 0.1) is 18.0 Å². The number of halogens is 2. The Morgan fingerprint density at radius 3 is 2.16 bits per heavy atom. The van der Waals surface area contributed by atoms with Gasteiger partial charge < -0.3 is 25.0 Å². The van der Waals surface area contributed by atoms with Gasteiger partial charge in [0.25, 0.3) is 5.91 Å². The first-order valence-electron chi connectivity index (χ1n) is 19.7. The number of aromatic hydroxyl groups is 1. The van der Waals surface area contributed by atoms with Gasteiger partial charge in [0, 0.05) is 94.2 Å². The predicted molar refractivity (Wildman–Crippen MR) is 209 cm³/mol. The molecule has 0 radical (unpaired) electrons. The molecule has 9 rings (SSSR count). The van der Waals surface area contributed by atoms with Gasteiger partial charge >= 0.3 is 0 Å². The first-order chi connectivity index (χ1) is 27.2. The molecular formula is C44H47F2N5O5. The molecule has 56 heavy (non-hydrogen) atoms. The maximum atomic E-state index is 16.0. The number of rotatable bonds is 6. The summed E-state index contributed by atoms with van der Waals surface area (Å²) in [6.45, 7) is 6.73. The van der Waals surface area contributed by atoms with Crippen molar-refractivity contribution >= 4 is 29.1 Å². The highest BCUT2D eigenvalue weighted by molar-refractivity contribution is 5.99. The summed E-state index contributed by atoms with van der Waals surface area (Å²) in [5, 5.41) is 15.1. The van der Waals surface area contributed by atoms with E-state index in [0.29, 0.717) is 61.0 Å². The lowest BCUT2D eigenvalue weighted by Gasteiger charge is -2.40. The molecule has 12 heteroatoms. The van der Waals surface area contributed by atoms with Gasteiger partial charge in [-0.15, -0.1) is 0 Å². The Kier molecular flexibility index (Phi) is 10.9. The number of nitrogens with zero attached hydrogens (tertiary/aromatic N) is 3. The van der Waals surface area contributed by atoms with E-state index in [9.17, 15) is 23.9 Å². The highest BCUT2D eigenvalue weighted by Crippen LogP contribution is 2.47. The zero-order valence-corrected chi connectivity index (χ0v) is 31.3. The lowest BCUT2D eigenvalue weighted by molar-refractivity contribution is -0.132. The molecule has 0 bridgehead atoms. The molecule has 0 aliphatic carbocycles. The van der Waals surface area contributed by atoms with Crippen molar-refractivity contribution < 1.29 is 33.0 Å². The van der Waals surface area contributed by atoms with Gasteiger partial charge in [-0.05, 0) is 72.2 Å². The average molecular weight is 764 g/mol. The number of piperazine rings is 1. The number of phenols is 1. The minimum absolute atomic E-state index is 0.0153. The van der Waals surface area contributed by atoms with Crippen molar-refractivity contribution in [3.63, 3.8) is 0 Å². The number of amides is 3. The van der Waals surface area contributed by atoms with E-state index in [2.05, 4.69) is 43.5 Å². The molecule has 0 saturated carbocycles. The van der Waals surface area contributed by atoms with Gasteiger partial charge in [0.1, 0.15) is 23.1 Å². The van der Waals surface area contributed by atoms with Crippen molar-refractivity contribution in [1.29, 1.82) is 0 Å². The van der Waals surface area contributed by atoms with Crippen LogP contribution in [-0.2, 0) is 16.1 Å². The lowest BCUT2D eigenvalue weighted by atomic mass is 9.76. The van der Waals surface area contributed by atoms with Crippen molar-refractivity contribution in [2.45, 2.75) is 50.5 Å². The van der Waals surface area contributed by atoms with Crippen LogP contribution in [0.15, 0.2) is 78.9 Å². The van der Waals surface area contributed by atoms with Crippen LogP contribution in [0.1, 0.15) is 76.6 Å². The molecule has 5 aliphatic heterocycles. The molecule has 3 N–H and O–H groups in total. The predicted octanol–water partition coefficient (Wildman–Crippen LogP) is 6.07. The molecule has 5 aliphatic rings. The van der Waals surface area contributed by atoms with E-state index in [0.717, 1.165) is 80.9 Å². The van der Waals surface area contributed by atoms with Crippen LogP contribution < -0.4 is 25.2 Å². The van der Waals surface area contributed by atoms with E-state index in [1.54, 1.807) is 18.2 Å². The molecule has 292 valence electrons. The summed E-state index contributed by atoms with van der Waals surface area (Å²) >= 11 is 0. The van der Waals surface area contributed by atoms with Crippen molar-refractivity contribution in [3.05, 3.63) is 118 Å². The van der Waals surface area contributed by atoms with Gasteiger partial charge in [0.2, 0.25) is 11.8 Å². The van der Waals surface area contributed by atoms with Crippen LogP contribution in [0.3, 0.4) is 0 Å². The summed E-state index contributed by atoms with van der Waals surface area (Å²) in [6.07, 6.45) is 3.71. The van der Waals surface area contributed by atoms with Crippen LogP contribution >= 0.6 is 0 Å². The number of fused-ring (bicyclic) bond motifs is 2. The van der Waals surface area contributed by atoms with Crippen LogP contribution in [0.25, 0.3) is 0 Å². The topological polar surface area (TPSA) is 114 Å². The molecule has 5 heterocycles. The van der Waals surface area contributed by atoms with Crippen LogP contribution in [0, 0.1) is 17.6 Å². The molecule has 0 spiro atoms. The molecule has 4 aromatic rings. The quantitative estimate of drug-likeness (QED) is 0.203. The van der Waals surface area contributed by atoms with Gasteiger partial charge in [-0.2, -0.15) is 0 Å². The molecule has 10 nitrogen and oxygen atoms in total. The summed E-state index contributed by atoms with van der Waals surface area (Å²) in [5.41, 5.74) is 5.53. The fourth-order valence-corrected chi connectivity index (χ4v) is 8.83. The third-order valence-corrected chi connectivity index (χ3v) is 11.8. The van der Waals surface area contributed by atoms with Crippen molar-refractivity contribution in [1.82, 2.24) is 15.5 Å². The Bertz CT molecular complexity index is 2090. The molecule has 3 fully saturated rings. The monoisotopic (exact) mass is 763 g/mol. The summed E-state index contributed by atoms with van der Waals surface area (Å²) in [7, 11) is 0. The fraction of sp³-hybridized carbons (Fsp3) is 0.386. The highest BCUT2D eigenvalue weighted by Gasteiger charge is 2.35. The molecule has 0 aromatic heterocycles. The van der Waals surface area contributed by atoms with E-state index in [4.69, 9.17) is 4.74 Å². The summed E-state index contributed by atoms with van der Waals surface area (Å²) in [6, 6.07) is 24.3. The number of benzene rings is 4. The Morgan fingerprint density at radius 2 is 1.46 bits per heavy atom. The minimum Gasteiger partial charge on any atom is -0.508 e. The number of phenolic OH excluding ortho intramolecular Hbond substituents is 1. The van der Waals surface area contributed by atoms with E-state index in [1.807, 2.05) is 36.4 Å². The Labute approximate surface area is 325 Å². The number of ether oxygens (including phenoxy) is 1. The van der Waals surface area contributed by atoms with Crippen molar-refractivity contribution in [3.8, 4) is 11.5 Å². The van der Waals surface area contributed by atoms with Gasteiger partial charge in [-0.3, -0.25) is 24.6 Å². The zero-order valence-electron chi connectivity index (χ0n) is 31.3. The normalized spacial score (nSPS) is 21.3. The molecule has 4 aromatic carbocycles. The highest BCUT2D eigenvalue weighted by atomic mass is 19.1. The number of anilines is 2. The number of carbonyl (C=O) groups is 3. The summed E-state index contributed by atoms with van der Waals surface area (Å²) in [4.78, 5) is 39.3. The Morgan fingerprint density at radius 1 is 0.750 bits per heavy atom. The molecule has 2 atom stereocenters. The smallest absolute Gasteiger partial charge is 0.252 e. The van der Waals surface area contributed by atoms with Crippen LogP contribution in [-0.4, -0.2) is 80.1 Å². The second-order valence-electron chi connectivity index (χ2n) is 15.4. The molecule has 3 saturated heterocycles. The van der Waals surface area contributed by atoms with E-state index in [1.165, 1.54) is 6.07 Å². The average Bonchev–Trinajstić information content (AvgIpc) is 3.56. The van der Waals surface area contributed by atoms with Gasteiger partial charge in [0.15, 0.2) is 0 Å². The van der Waals surface area contributed by atoms with Gasteiger partial charge in [-0.25, -0.2) is 8.78 Å². The number of carbonyl (C=O) groups excluding carboxylic acids is 3. The number of nitrogens with one attached hydrogen (secondary N) is 2. The Balaban J connectivity index is 0.000000493. The van der Waals surface area contributed by atoms with Crippen LogP contribution in [0.5, 0.6) is 11.5 Å². The van der Waals surface area contributed by atoms with Crippen LogP contribution in [0.4, 0.5) is 20.2 Å². The molecule has 2 unspecified atom stereocenters. The molecule has 3 amide bonds. The lowest BCUT2D eigenvalue weighted by Crippen LogP contribution is -2.49.